The van der Waals surface area contributed by atoms with Crippen LogP contribution in [0.2, 0.25) is 0 Å². The van der Waals surface area contributed by atoms with E-state index >= 15 is 0 Å². The lowest BCUT2D eigenvalue weighted by molar-refractivity contribution is 0.155. The van der Waals surface area contributed by atoms with E-state index in [1.807, 2.05) is 18.7 Å². The van der Waals surface area contributed by atoms with Gasteiger partial charge in [0.1, 0.15) is 0 Å². The highest BCUT2D eigenvalue weighted by Gasteiger charge is 2.22. The second-order valence-corrected chi connectivity index (χ2v) is 5.25. The summed E-state index contributed by atoms with van der Waals surface area (Å²) < 4.78 is 0. The van der Waals surface area contributed by atoms with Crippen LogP contribution in [0.15, 0.2) is 29.2 Å². The van der Waals surface area contributed by atoms with Crippen molar-refractivity contribution in [3.05, 3.63) is 29.8 Å². The standard InChI is InChI=1S/C13H18OS/c1-2-11(14)8-7-10-9-15-13-6-4-3-5-12(10)13/h3-6,10-11,14H,2,7-9H2,1H3. The quantitative estimate of drug-likeness (QED) is 0.842. The Morgan fingerprint density at radius 3 is 3.07 bits per heavy atom. The first-order valence-corrected chi connectivity index (χ1v) is 6.69. The monoisotopic (exact) mass is 222 g/mol. The van der Waals surface area contributed by atoms with E-state index in [4.69, 9.17) is 0 Å². The minimum atomic E-state index is -0.109. The van der Waals surface area contributed by atoms with Crippen molar-refractivity contribution >= 4 is 11.8 Å². The summed E-state index contributed by atoms with van der Waals surface area (Å²) in [5.41, 5.74) is 1.49. The molecule has 0 saturated heterocycles. The fourth-order valence-corrected chi connectivity index (χ4v) is 3.37. The number of thioether (sulfide) groups is 1. The number of benzene rings is 1. The summed E-state index contributed by atoms with van der Waals surface area (Å²) in [6.45, 7) is 2.04. The molecule has 1 aromatic rings. The topological polar surface area (TPSA) is 20.2 Å². The Morgan fingerprint density at radius 1 is 1.47 bits per heavy atom. The average Bonchev–Trinajstić information content (AvgIpc) is 2.69. The van der Waals surface area contributed by atoms with E-state index in [0.717, 1.165) is 19.3 Å². The molecule has 1 aliphatic rings. The second kappa shape index (κ2) is 5.04. The number of rotatable bonds is 4. The lowest BCUT2D eigenvalue weighted by atomic mass is 9.94. The van der Waals surface area contributed by atoms with Crippen LogP contribution in [0, 0.1) is 0 Å². The maximum Gasteiger partial charge on any atom is 0.0537 e. The molecule has 1 nitrogen and oxygen atoms in total. The summed E-state index contributed by atoms with van der Waals surface area (Å²) in [4.78, 5) is 1.44. The molecule has 1 heterocycles. The third kappa shape index (κ3) is 2.56. The Labute approximate surface area is 95.9 Å². The van der Waals surface area contributed by atoms with E-state index < -0.39 is 0 Å². The number of hydrogen-bond acceptors (Lipinski definition) is 2. The van der Waals surface area contributed by atoms with Crippen molar-refractivity contribution in [2.24, 2.45) is 0 Å². The third-order valence-corrected chi connectivity index (χ3v) is 4.37. The van der Waals surface area contributed by atoms with Gasteiger partial charge in [-0.1, -0.05) is 25.1 Å². The predicted molar refractivity (Wildman–Crippen MR) is 65.4 cm³/mol. The highest BCUT2D eigenvalue weighted by Crippen LogP contribution is 2.41. The van der Waals surface area contributed by atoms with Crippen LogP contribution >= 0.6 is 11.8 Å². The van der Waals surface area contributed by atoms with Crippen molar-refractivity contribution < 1.29 is 5.11 Å². The molecule has 0 aliphatic carbocycles. The molecule has 0 spiro atoms. The lowest BCUT2D eigenvalue weighted by Gasteiger charge is -2.13. The zero-order chi connectivity index (χ0) is 10.7. The molecule has 2 heteroatoms. The van der Waals surface area contributed by atoms with Crippen molar-refractivity contribution in [1.82, 2.24) is 0 Å². The summed E-state index contributed by atoms with van der Waals surface area (Å²) in [5, 5.41) is 9.56. The molecule has 2 rings (SSSR count). The van der Waals surface area contributed by atoms with Crippen molar-refractivity contribution in [2.75, 3.05) is 5.75 Å². The number of aliphatic hydroxyl groups excluding tert-OH is 1. The highest BCUT2D eigenvalue weighted by atomic mass is 32.2. The first-order chi connectivity index (χ1) is 7.31. The van der Waals surface area contributed by atoms with Gasteiger partial charge in [-0.2, -0.15) is 0 Å². The molecule has 0 fully saturated rings. The van der Waals surface area contributed by atoms with Crippen LogP contribution in [0.5, 0.6) is 0 Å². The van der Waals surface area contributed by atoms with Gasteiger partial charge in [-0.3, -0.25) is 0 Å². The minimum absolute atomic E-state index is 0.109. The van der Waals surface area contributed by atoms with Crippen LogP contribution < -0.4 is 0 Å². The molecule has 1 aliphatic heterocycles. The number of hydrogen-bond donors (Lipinski definition) is 1. The summed E-state index contributed by atoms with van der Waals surface area (Å²) >= 11 is 1.95. The lowest BCUT2D eigenvalue weighted by Crippen LogP contribution is -2.07. The van der Waals surface area contributed by atoms with Gasteiger partial charge in [-0.25, -0.2) is 0 Å². The molecule has 1 N–H and O–H groups in total. The van der Waals surface area contributed by atoms with Gasteiger partial charge in [0.15, 0.2) is 0 Å². The van der Waals surface area contributed by atoms with Crippen molar-refractivity contribution in [3.8, 4) is 0 Å². The van der Waals surface area contributed by atoms with Gasteiger partial charge < -0.3 is 5.11 Å². The first-order valence-electron chi connectivity index (χ1n) is 5.71. The fourth-order valence-electron chi connectivity index (χ4n) is 2.07. The van der Waals surface area contributed by atoms with Crippen LogP contribution in [0.25, 0.3) is 0 Å². The largest absolute Gasteiger partial charge is 0.393 e. The smallest absolute Gasteiger partial charge is 0.0537 e. The maximum atomic E-state index is 9.56. The third-order valence-electron chi connectivity index (χ3n) is 3.12. The molecular weight excluding hydrogens is 204 g/mol. The first kappa shape index (κ1) is 11.0. The van der Waals surface area contributed by atoms with Gasteiger partial charge in [0.2, 0.25) is 0 Å². The SMILES string of the molecule is CCC(O)CCC1CSc2ccccc21. The molecule has 82 valence electrons. The van der Waals surface area contributed by atoms with Crippen LogP contribution in [0.3, 0.4) is 0 Å². The van der Waals surface area contributed by atoms with E-state index in [9.17, 15) is 5.11 Å². The van der Waals surface area contributed by atoms with E-state index in [-0.39, 0.29) is 6.10 Å². The van der Waals surface area contributed by atoms with Gasteiger partial charge >= 0.3 is 0 Å². The van der Waals surface area contributed by atoms with Gasteiger partial charge in [-0.05, 0) is 36.8 Å². The molecule has 15 heavy (non-hydrogen) atoms. The van der Waals surface area contributed by atoms with Crippen molar-refractivity contribution in [2.45, 2.75) is 43.1 Å². The molecule has 2 unspecified atom stereocenters. The molecule has 0 saturated carbocycles. The van der Waals surface area contributed by atoms with Crippen LogP contribution in [0.4, 0.5) is 0 Å². The maximum absolute atomic E-state index is 9.56. The van der Waals surface area contributed by atoms with E-state index in [1.54, 1.807) is 0 Å². The zero-order valence-corrected chi connectivity index (χ0v) is 9.96. The second-order valence-electron chi connectivity index (χ2n) is 4.19. The summed E-state index contributed by atoms with van der Waals surface area (Å²) in [5.74, 6) is 1.85. The van der Waals surface area contributed by atoms with Gasteiger partial charge in [0.05, 0.1) is 6.10 Å². The molecule has 0 aromatic heterocycles. The average molecular weight is 222 g/mol. The van der Waals surface area contributed by atoms with Gasteiger partial charge in [-0.15, -0.1) is 11.8 Å². The highest BCUT2D eigenvalue weighted by molar-refractivity contribution is 7.99. The molecule has 0 bridgehead atoms. The Morgan fingerprint density at radius 2 is 2.27 bits per heavy atom. The zero-order valence-electron chi connectivity index (χ0n) is 9.15. The van der Waals surface area contributed by atoms with Gasteiger partial charge in [0.25, 0.3) is 0 Å². The Kier molecular flexibility index (Phi) is 3.71. The Bertz CT molecular complexity index is 324. The minimum Gasteiger partial charge on any atom is -0.393 e. The van der Waals surface area contributed by atoms with Crippen LogP contribution in [-0.4, -0.2) is 17.0 Å². The van der Waals surface area contributed by atoms with E-state index in [2.05, 4.69) is 24.3 Å². The van der Waals surface area contributed by atoms with E-state index in [1.165, 1.54) is 16.2 Å². The fraction of sp³-hybridized carbons (Fsp3) is 0.538. The summed E-state index contributed by atoms with van der Waals surface area (Å²) in [6.07, 6.45) is 2.83. The molecule has 2 atom stereocenters. The van der Waals surface area contributed by atoms with Crippen molar-refractivity contribution in [3.63, 3.8) is 0 Å². The molecular formula is C13H18OS. The van der Waals surface area contributed by atoms with Crippen LogP contribution in [-0.2, 0) is 0 Å². The Balaban J connectivity index is 1.96. The summed E-state index contributed by atoms with van der Waals surface area (Å²) in [6, 6.07) is 8.66. The molecule has 1 aromatic carbocycles. The van der Waals surface area contributed by atoms with Gasteiger partial charge in [0, 0.05) is 10.6 Å². The van der Waals surface area contributed by atoms with E-state index in [0.29, 0.717) is 5.92 Å². The number of aliphatic hydroxyl groups is 1. The van der Waals surface area contributed by atoms with Crippen molar-refractivity contribution in [1.29, 1.82) is 0 Å². The predicted octanol–water partition coefficient (Wildman–Crippen LogP) is 3.43. The number of fused-ring (bicyclic) bond motifs is 1. The summed E-state index contributed by atoms with van der Waals surface area (Å²) in [7, 11) is 0. The molecule has 0 radical (unpaired) electrons. The van der Waals surface area contributed by atoms with Crippen LogP contribution in [0.1, 0.15) is 37.7 Å². The molecule has 0 amide bonds. The normalized spacial score (nSPS) is 21.3. The Hall–Kier alpha value is -0.470.